The molecule has 1 rings (SSSR count). The highest BCUT2D eigenvalue weighted by atomic mass is 19.4. The highest BCUT2D eigenvalue weighted by molar-refractivity contribution is 6.00. The van der Waals surface area contributed by atoms with Gasteiger partial charge in [-0.25, -0.2) is 4.79 Å². The number of rotatable bonds is 4. The lowest BCUT2D eigenvalue weighted by Crippen LogP contribution is -2.18. The molecule has 0 fully saturated rings. The Morgan fingerprint density at radius 1 is 1.32 bits per heavy atom. The van der Waals surface area contributed by atoms with Gasteiger partial charge >= 0.3 is 12.1 Å². The van der Waals surface area contributed by atoms with Crippen LogP contribution in [-0.4, -0.2) is 23.2 Å². The monoisotopic (exact) mass is 275 g/mol. The molecule has 0 saturated carbocycles. The summed E-state index contributed by atoms with van der Waals surface area (Å²) in [5.74, 6) is -2.13. The Kier molecular flexibility index (Phi) is 4.52. The standard InChI is InChI=1S/C12H12F3NO3/c1-7-2-3-9(8(6-7)11(18)19)16-10(17)4-5-12(13,14)15/h2-3,6H,4-5H2,1H3,(H,16,17)(H,18,19). The summed E-state index contributed by atoms with van der Waals surface area (Å²) >= 11 is 0. The zero-order valence-electron chi connectivity index (χ0n) is 10.0. The van der Waals surface area contributed by atoms with Gasteiger partial charge in [0.2, 0.25) is 5.91 Å². The molecule has 0 aliphatic heterocycles. The predicted molar refractivity (Wildman–Crippen MR) is 62.1 cm³/mol. The number of aromatic carboxylic acids is 1. The third-order valence-electron chi connectivity index (χ3n) is 2.32. The number of amides is 1. The van der Waals surface area contributed by atoms with E-state index in [2.05, 4.69) is 5.32 Å². The van der Waals surface area contributed by atoms with Crippen molar-refractivity contribution in [2.75, 3.05) is 5.32 Å². The van der Waals surface area contributed by atoms with E-state index in [1.807, 2.05) is 0 Å². The number of carbonyl (C=O) groups excluding carboxylic acids is 1. The van der Waals surface area contributed by atoms with E-state index in [1.54, 1.807) is 13.0 Å². The fraction of sp³-hybridized carbons (Fsp3) is 0.333. The molecule has 0 aromatic heterocycles. The molecule has 4 nitrogen and oxygen atoms in total. The molecule has 7 heteroatoms. The summed E-state index contributed by atoms with van der Waals surface area (Å²) < 4.78 is 35.8. The Morgan fingerprint density at radius 3 is 2.47 bits per heavy atom. The number of hydrogen-bond acceptors (Lipinski definition) is 2. The quantitative estimate of drug-likeness (QED) is 0.887. The van der Waals surface area contributed by atoms with Gasteiger partial charge in [0.15, 0.2) is 0 Å². The molecule has 104 valence electrons. The Balaban J connectivity index is 2.77. The molecular formula is C12H12F3NO3. The van der Waals surface area contributed by atoms with Crippen molar-refractivity contribution < 1.29 is 27.9 Å². The fourth-order valence-corrected chi connectivity index (χ4v) is 1.41. The Bertz CT molecular complexity index is 497. The largest absolute Gasteiger partial charge is 0.478 e. The normalized spacial score (nSPS) is 11.2. The number of nitrogens with one attached hydrogen (secondary N) is 1. The van der Waals surface area contributed by atoms with Gasteiger partial charge in [-0.15, -0.1) is 0 Å². The number of hydrogen-bond donors (Lipinski definition) is 2. The Labute approximate surface area is 107 Å². The third kappa shape index (κ3) is 4.99. The van der Waals surface area contributed by atoms with E-state index < -0.39 is 30.9 Å². The molecule has 1 aromatic carbocycles. The van der Waals surface area contributed by atoms with Crippen LogP contribution < -0.4 is 5.32 Å². The summed E-state index contributed by atoms with van der Waals surface area (Å²) in [5.41, 5.74) is 0.510. The molecule has 0 heterocycles. The smallest absolute Gasteiger partial charge is 0.389 e. The van der Waals surface area contributed by atoms with Crippen LogP contribution >= 0.6 is 0 Å². The van der Waals surface area contributed by atoms with E-state index in [-0.39, 0.29) is 11.3 Å². The van der Waals surface area contributed by atoms with E-state index in [9.17, 15) is 22.8 Å². The molecule has 0 unspecified atom stereocenters. The summed E-state index contributed by atoms with van der Waals surface area (Å²) in [6, 6.07) is 4.25. The molecule has 1 aromatic rings. The molecular weight excluding hydrogens is 263 g/mol. The maximum atomic E-state index is 11.9. The summed E-state index contributed by atoms with van der Waals surface area (Å²) in [6.45, 7) is 1.67. The second kappa shape index (κ2) is 5.73. The number of halogens is 3. The average molecular weight is 275 g/mol. The molecule has 0 bridgehead atoms. The van der Waals surface area contributed by atoms with Gasteiger partial charge in [0.25, 0.3) is 0 Å². The lowest BCUT2D eigenvalue weighted by atomic mass is 10.1. The first kappa shape index (κ1) is 15.0. The lowest BCUT2D eigenvalue weighted by Gasteiger charge is -2.10. The van der Waals surface area contributed by atoms with Gasteiger partial charge in [0.1, 0.15) is 0 Å². The first-order valence-electron chi connectivity index (χ1n) is 5.39. The summed E-state index contributed by atoms with van der Waals surface area (Å²) in [5, 5.41) is 11.1. The van der Waals surface area contributed by atoms with Crippen LogP contribution in [0.3, 0.4) is 0 Å². The van der Waals surface area contributed by atoms with E-state index in [1.165, 1.54) is 12.1 Å². The van der Waals surface area contributed by atoms with Crippen molar-refractivity contribution in [1.29, 1.82) is 0 Å². The first-order chi connectivity index (χ1) is 8.69. The second-order valence-corrected chi connectivity index (χ2v) is 4.02. The minimum absolute atomic E-state index is 0.00901. The van der Waals surface area contributed by atoms with E-state index in [4.69, 9.17) is 5.11 Å². The molecule has 0 atom stereocenters. The number of anilines is 1. The van der Waals surface area contributed by atoms with Gasteiger partial charge in [0, 0.05) is 6.42 Å². The first-order valence-corrected chi connectivity index (χ1v) is 5.39. The van der Waals surface area contributed by atoms with Crippen LogP contribution in [0.15, 0.2) is 18.2 Å². The van der Waals surface area contributed by atoms with Crippen molar-refractivity contribution in [1.82, 2.24) is 0 Å². The maximum absolute atomic E-state index is 11.9. The Morgan fingerprint density at radius 2 is 1.95 bits per heavy atom. The number of benzene rings is 1. The molecule has 0 saturated heterocycles. The number of carboxylic acids is 1. The van der Waals surface area contributed by atoms with Crippen molar-refractivity contribution in [3.8, 4) is 0 Å². The van der Waals surface area contributed by atoms with Gasteiger partial charge in [-0.3, -0.25) is 4.79 Å². The van der Waals surface area contributed by atoms with Crippen LogP contribution in [0.1, 0.15) is 28.8 Å². The van der Waals surface area contributed by atoms with E-state index in [0.717, 1.165) is 0 Å². The zero-order valence-corrected chi connectivity index (χ0v) is 10.0. The van der Waals surface area contributed by atoms with Crippen LogP contribution in [0.5, 0.6) is 0 Å². The van der Waals surface area contributed by atoms with Crippen molar-refractivity contribution in [2.24, 2.45) is 0 Å². The van der Waals surface area contributed by atoms with Crippen molar-refractivity contribution in [2.45, 2.75) is 25.9 Å². The molecule has 0 radical (unpaired) electrons. The summed E-state index contributed by atoms with van der Waals surface area (Å²) in [6.07, 6.45) is -6.40. The van der Waals surface area contributed by atoms with Gasteiger partial charge in [0.05, 0.1) is 17.7 Å². The van der Waals surface area contributed by atoms with E-state index in [0.29, 0.717) is 5.56 Å². The second-order valence-electron chi connectivity index (χ2n) is 4.02. The highest BCUT2D eigenvalue weighted by Gasteiger charge is 2.28. The molecule has 1 amide bonds. The van der Waals surface area contributed by atoms with Crippen LogP contribution in [0.25, 0.3) is 0 Å². The van der Waals surface area contributed by atoms with Crippen LogP contribution in [0.4, 0.5) is 18.9 Å². The van der Waals surface area contributed by atoms with Crippen LogP contribution in [0, 0.1) is 6.92 Å². The molecule has 0 aliphatic rings. The Hall–Kier alpha value is -2.05. The van der Waals surface area contributed by atoms with Gasteiger partial charge in [-0.2, -0.15) is 13.2 Å². The number of aryl methyl sites for hydroxylation is 1. The van der Waals surface area contributed by atoms with Crippen molar-refractivity contribution >= 4 is 17.6 Å². The molecule has 19 heavy (non-hydrogen) atoms. The topological polar surface area (TPSA) is 66.4 Å². The molecule has 0 aliphatic carbocycles. The fourth-order valence-electron chi connectivity index (χ4n) is 1.41. The highest BCUT2D eigenvalue weighted by Crippen LogP contribution is 2.22. The number of carboxylic acid groups (broad SMARTS) is 1. The van der Waals surface area contributed by atoms with Crippen LogP contribution in [0.2, 0.25) is 0 Å². The lowest BCUT2D eigenvalue weighted by molar-refractivity contribution is -0.142. The van der Waals surface area contributed by atoms with Crippen LogP contribution in [-0.2, 0) is 4.79 Å². The number of carbonyl (C=O) groups is 2. The predicted octanol–water partition coefficient (Wildman–Crippen LogP) is 2.97. The van der Waals surface area contributed by atoms with Gasteiger partial charge in [-0.05, 0) is 19.1 Å². The van der Waals surface area contributed by atoms with Crippen molar-refractivity contribution in [3.63, 3.8) is 0 Å². The SMILES string of the molecule is Cc1ccc(NC(=O)CCC(F)(F)F)c(C(=O)O)c1. The van der Waals surface area contributed by atoms with Gasteiger partial charge < -0.3 is 10.4 Å². The number of alkyl halides is 3. The molecule has 0 spiro atoms. The average Bonchev–Trinajstić information content (AvgIpc) is 2.28. The minimum Gasteiger partial charge on any atom is -0.478 e. The van der Waals surface area contributed by atoms with Gasteiger partial charge in [-0.1, -0.05) is 11.6 Å². The summed E-state index contributed by atoms with van der Waals surface area (Å²) in [7, 11) is 0. The maximum Gasteiger partial charge on any atom is 0.389 e. The zero-order chi connectivity index (χ0) is 14.6. The third-order valence-corrected chi connectivity index (χ3v) is 2.32. The minimum atomic E-state index is -4.42. The summed E-state index contributed by atoms with van der Waals surface area (Å²) in [4.78, 5) is 22.3. The van der Waals surface area contributed by atoms with Crippen molar-refractivity contribution in [3.05, 3.63) is 29.3 Å². The van der Waals surface area contributed by atoms with E-state index >= 15 is 0 Å². The molecule has 2 N–H and O–H groups in total.